The van der Waals surface area contributed by atoms with Crippen molar-refractivity contribution in [2.45, 2.75) is 38.8 Å². The first kappa shape index (κ1) is 10.8. The molecule has 0 saturated carbocycles. The van der Waals surface area contributed by atoms with Crippen molar-refractivity contribution >= 4 is 12.0 Å². The molecule has 1 saturated heterocycles. The van der Waals surface area contributed by atoms with Crippen molar-refractivity contribution in [3.8, 4) is 0 Å². The lowest BCUT2D eigenvalue weighted by molar-refractivity contribution is -0.122. The fraction of sp³-hybridized carbons (Fsp3) is 0.778. The van der Waals surface area contributed by atoms with E-state index in [4.69, 9.17) is 5.11 Å². The minimum absolute atomic E-state index is 0.0943. The molecule has 1 rings (SSSR count). The number of hydrogen-bond donors (Lipinski definition) is 2. The van der Waals surface area contributed by atoms with Crippen LogP contribution in [0, 0.1) is 0 Å². The van der Waals surface area contributed by atoms with Crippen molar-refractivity contribution in [3.05, 3.63) is 0 Å². The maximum absolute atomic E-state index is 11.1. The maximum atomic E-state index is 11.1. The Hall–Kier alpha value is -1.26. The van der Waals surface area contributed by atoms with Crippen LogP contribution in [-0.2, 0) is 4.79 Å². The predicted octanol–water partition coefficient (Wildman–Crippen LogP) is 1.00. The van der Waals surface area contributed by atoms with Gasteiger partial charge in [0.2, 0.25) is 5.91 Å². The molecule has 0 radical (unpaired) electrons. The van der Waals surface area contributed by atoms with E-state index in [0.29, 0.717) is 13.0 Å². The Bertz CT molecular complexity index is 230. The van der Waals surface area contributed by atoms with Crippen LogP contribution in [0.2, 0.25) is 0 Å². The molecule has 1 fully saturated rings. The maximum Gasteiger partial charge on any atom is 0.408 e. The average Bonchev–Trinajstić information content (AvgIpc) is 2.18. The highest BCUT2D eigenvalue weighted by Gasteiger charge is 2.26. The lowest BCUT2D eigenvalue weighted by Gasteiger charge is -2.33. The van der Waals surface area contributed by atoms with E-state index in [1.165, 1.54) is 4.90 Å². The van der Waals surface area contributed by atoms with Crippen LogP contribution in [0.25, 0.3) is 0 Å². The van der Waals surface area contributed by atoms with Crippen LogP contribution in [-0.4, -0.2) is 34.7 Å². The summed E-state index contributed by atoms with van der Waals surface area (Å²) in [6.45, 7) is 2.27. The molecule has 0 spiro atoms. The summed E-state index contributed by atoms with van der Waals surface area (Å²) < 4.78 is 0. The van der Waals surface area contributed by atoms with Gasteiger partial charge in [-0.15, -0.1) is 0 Å². The molecule has 1 aliphatic heterocycles. The second kappa shape index (κ2) is 4.83. The van der Waals surface area contributed by atoms with Gasteiger partial charge >= 0.3 is 6.09 Å². The smallest absolute Gasteiger partial charge is 0.408 e. The van der Waals surface area contributed by atoms with Crippen LogP contribution < -0.4 is 5.32 Å². The highest BCUT2D eigenvalue weighted by atomic mass is 16.4. The number of likely N-dealkylation sites (tertiary alicyclic amines) is 1. The van der Waals surface area contributed by atoms with Crippen LogP contribution in [0.3, 0.4) is 0 Å². The largest absolute Gasteiger partial charge is 0.465 e. The van der Waals surface area contributed by atoms with Crippen molar-refractivity contribution in [3.63, 3.8) is 0 Å². The number of hydrogen-bond acceptors (Lipinski definition) is 2. The Morgan fingerprint density at radius 1 is 1.50 bits per heavy atom. The molecule has 80 valence electrons. The molecule has 2 N–H and O–H groups in total. The number of carboxylic acid groups (broad SMARTS) is 1. The minimum Gasteiger partial charge on any atom is -0.465 e. The molecule has 1 aliphatic rings. The fourth-order valence-electron chi connectivity index (χ4n) is 1.60. The van der Waals surface area contributed by atoms with Gasteiger partial charge in [0.15, 0.2) is 0 Å². The molecule has 0 aromatic heterocycles. The standard InChI is InChI=1S/C9H16N2O3/c1-2-8(12)10-7-5-3-4-6-11(7)9(13)14/h7H,2-6H2,1H3,(H,10,12)(H,13,14). The second-order valence-electron chi connectivity index (χ2n) is 3.41. The highest BCUT2D eigenvalue weighted by molar-refractivity contribution is 5.76. The summed E-state index contributed by atoms with van der Waals surface area (Å²) >= 11 is 0. The van der Waals surface area contributed by atoms with Crippen LogP contribution in [0.1, 0.15) is 32.6 Å². The number of piperidine rings is 1. The topological polar surface area (TPSA) is 69.6 Å². The van der Waals surface area contributed by atoms with E-state index < -0.39 is 6.09 Å². The summed E-state index contributed by atoms with van der Waals surface area (Å²) in [5.41, 5.74) is 0. The van der Waals surface area contributed by atoms with Crippen LogP contribution in [0.4, 0.5) is 4.79 Å². The molecule has 1 atom stereocenters. The third kappa shape index (κ3) is 2.61. The van der Waals surface area contributed by atoms with Gasteiger partial charge in [-0.3, -0.25) is 9.69 Å². The summed E-state index contributed by atoms with van der Waals surface area (Å²) in [4.78, 5) is 23.2. The summed E-state index contributed by atoms with van der Waals surface area (Å²) in [6.07, 6.45) is 1.69. The Morgan fingerprint density at radius 2 is 2.21 bits per heavy atom. The van der Waals surface area contributed by atoms with Gasteiger partial charge < -0.3 is 10.4 Å². The molecule has 0 aromatic rings. The first-order valence-electron chi connectivity index (χ1n) is 4.94. The van der Waals surface area contributed by atoms with Gasteiger partial charge in [-0.05, 0) is 19.3 Å². The third-order valence-electron chi connectivity index (χ3n) is 2.40. The van der Waals surface area contributed by atoms with E-state index in [1.807, 2.05) is 0 Å². The normalized spacial score (nSPS) is 21.8. The fourth-order valence-corrected chi connectivity index (χ4v) is 1.60. The van der Waals surface area contributed by atoms with E-state index >= 15 is 0 Å². The van der Waals surface area contributed by atoms with Gasteiger partial charge in [-0.2, -0.15) is 0 Å². The Labute approximate surface area is 83.1 Å². The van der Waals surface area contributed by atoms with Crippen LogP contribution in [0.15, 0.2) is 0 Å². The van der Waals surface area contributed by atoms with Gasteiger partial charge in [0, 0.05) is 13.0 Å². The predicted molar refractivity (Wildman–Crippen MR) is 50.8 cm³/mol. The molecule has 5 nitrogen and oxygen atoms in total. The molecular formula is C9H16N2O3. The van der Waals surface area contributed by atoms with Gasteiger partial charge in [0.1, 0.15) is 6.17 Å². The summed E-state index contributed by atoms with van der Waals surface area (Å²) in [6, 6.07) is 0. The van der Waals surface area contributed by atoms with Gasteiger partial charge in [0.25, 0.3) is 0 Å². The lowest BCUT2D eigenvalue weighted by atomic mass is 10.1. The number of amides is 2. The van der Waals surface area contributed by atoms with E-state index in [2.05, 4.69) is 5.32 Å². The molecule has 5 heteroatoms. The second-order valence-corrected chi connectivity index (χ2v) is 3.41. The lowest BCUT2D eigenvalue weighted by Crippen LogP contribution is -2.52. The monoisotopic (exact) mass is 200 g/mol. The molecule has 0 aromatic carbocycles. The van der Waals surface area contributed by atoms with Gasteiger partial charge in [-0.25, -0.2) is 4.79 Å². The molecule has 0 bridgehead atoms. The zero-order valence-corrected chi connectivity index (χ0v) is 8.32. The first-order valence-corrected chi connectivity index (χ1v) is 4.94. The van der Waals surface area contributed by atoms with E-state index in [9.17, 15) is 9.59 Å². The van der Waals surface area contributed by atoms with Gasteiger partial charge in [0.05, 0.1) is 0 Å². The average molecular weight is 200 g/mol. The SMILES string of the molecule is CCC(=O)NC1CCCCN1C(=O)O. The molecule has 2 amide bonds. The molecule has 1 unspecified atom stereocenters. The number of nitrogens with one attached hydrogen (secondary N) is 1. The van der Waals surface area contributed by atoms with Gasteiger partial charge in [-0.1, -0.05) is 6.92 Å². The van der Waals surface area contributed by atoms with E-state index in [0.717, 1.165) is 19.3 Å². The first-order chi connectivity index (χ1) is 6.65. The number of carbonyl (C=O) groups is 2. The molecule has 0 aliphatic carbocycles. The van der Waals surface area contributed by atoms with Crippen molar-refractivity contribution in [1.29, 1.82) is 0 Å². The number of nitrogens with zero attached hydrogens (tertiary/aromatic N) is 1. The quantitative estimate of drug-likeness (QED) is 0.698. The van der Waals surface area contributed by atoms with Crippen molar-refractivity contribution < 1.29 is 14.7 Å². The Balaban J connectivity index is 2.54. The summed E-state index contributed by atoms with van der Waals surface area (Å²) in [5, 5.41) is 11.6. The molecular weight excluding hydrogens is 184 g/mol. The van der Waals surface area contributed by atoms with Crippen molar-refractivity contribution in [2.75, 3.05) is 6.54 Å². The minimum atomic E-state index is -0.953. The Kier molecular flexibility index (Phi) is 3.73. The summed E-state index contributed by atoms with van der Waals surface area (Å²) in [7, 11) is 0. The zero-order chi connectivity index (χ0) is 10.6. The molecule has 14 heavy (non-hydrogen) atoms. The van der Waals surface area contributed by atoms with E-state index in [1.54, 1.807) is 6.92 Å². The number of carbonyl (C=O) groups excluding carboxylic acids is 1. The zero-order valence-electron chi connectivity index (χ0n) is 8.32. The van der Waals surface area contributed by atoms with Crippen LogP contribution >= 0.6 is 0 Å². The van der Waals surface area contributed by atoms with Crippen LogP contribution in [0.5, 0.6) is 0 Å². The van der Waals surface area contributed by atoms with Crippen molar-refractivity contribution in [2.24, 2.45) is 0 Å². The summed E-state index contributed by atoms with van der Waals surface area (Å²) in [5.74, 6) is -0.0943. The van der Waals surface area contributed by atoms with E-state index in [-0.39, 0.29) is 12.1 Å². The highest BCUT2D eigenvalue weighted by Crippen LogP contribution is 2.14. The Morgan fingerprint density at radius 3 is 2.79 bits per heavy atom. The third-order valence-corrected chi connectivity index (χ3v) is 2.40. The molecule has 1 heterocycles. The van der Waals surface area contributed by atoms with Crippen molar-refractivity contribution in [1.82, 2.24) is 10.2 Å². The number of rotatable bonds is 2.